The van der Waals surface area contributed by atoms with Gasteiger partial charge in [0, 0.05) is 5.69 Å². The van der Waals surface area contributed by atoms with Crippen molar-refractivity contribution >= 4 is 27.2 Å². The van der Waals surface area contributed by atoms with Gasteiger partial charge in [0.25, 0.3) is 0 Å². The van der Waals surface area contributed by atoms with Crippen molar-refractivity contribution in [2.24, 2.45) is 0 Å². The largest absolute Gasteiger partial charge is 0.495 e. The molecule has 0 bridgehead atoms. The van der Waals surface area contributed by atoms with E-state index < -0.39 is 15.9 Å². The van der Waals surface area contributed by atoms with Crippen molar-refractivity contribution < 1.29 is 22.3 Å². The number of rotatable bonds is 7. The lowest BCUT2D eigenvalue weighted by atomic mass is 10.1. The Bertz CT molecular complexity index is 1440. The van der Waals surface area contributed by atoms with Crippen LogP contribution in [0, 0.1) is 5.82 Å². The van der Waals surface area contributed by atoms with Crippen molar-refractivity contribution in [3.63, 3.8) is 0 Å². The number of benzene rings is 4. The molecule has 0 aromatic heterocycles. The summed E-state index contributed by atoms with van der Waals surface area (Å²) in [5, 5.41) is 5.43. The Hall–Kier alpha value is -4.17. The maximum Gasteiger partial charge on any atom is 0.323 e. The molecule has 0 aliphatic rings. The molecule has 0 atom stereocenters. The number of carbonyl (C=O) groups excluding carboxylic acids is 1. The molecule has 0 unspecified atom stereocenters. The molecule has 2 amide bonds. The molecule has 2 N–H and O–H groups in total. The summed E-state index contributed by atoms with van der Waals surface area (Å²) in [6.07, 6.45) is 0. The first-order valence-electron chi connectivity index (χ1n) is 10.7. The Labute approximate surface area is 203 Å². The number of ether oxygens (including phenoxy) is 1. The van der Waals surface area contributed by atoms with E-state index in [1.54, 1.807) is 84.9 Å². The lowest BCUT2D eigenvalue weighted by molar-refractivity contribution is 0.262. The molecule has 0 heterocycles. The van der Waals surface area contributed by atoms with Crippen molar-refractivity contribution in [1.29, 1.82) is 0 Å². The number of carbonyl (C=O) groups is 1. The molecule has 6 nitrogen and oxygen atoms in total. The SMILES string of the molecule is COc1ccccc1NC(=O)Nc1ccc(CS(=O)(=O)c2cccc(-c3ccc(F)cc3)c2)cc1. The van der Waals surface area contributed by atoms with Gasteiger partial charge in [-0.25, -0.2) is 17.6 Å². The molecule has 0 spiro atoms. The monoisotopic (exact) mass is 490 g/mol. The number of para-hydroxylation sites is 2. The fraction of sp³-hybridized carbons (Fsp3) is 0.0741. The number of sulfone groups is 1. The first-order valence-corrected chi connectivity index (χ1v) is 12.4. The van der Waals surface area contributed by atoms with Gasteiger partial charge in [0.15, 0.2) is 9.84 Å². The molecular weight excluding hydrogens is 467 g/mol. The zero-order valence-corrected chi connectivity index (χ0v) is 19.7. The van der Waals surface area contributed by atoms with E-state index in [9.17, 15) is 17.6 Å². The Kier molecular flexibility index (Phi) is 7.12. The Balaban J connectivity index is 1.43. The first kappa shape index (κ1) is 24.0. The van der Waals surface area contributed by atoms with Crippen LogP contribution < -0.4 is 15.4 Å². The summed E-state index contributed by atoms with van der Waals surface area (Å²) in [5.41, 5.74) is 3.03. The highest BCUT2D eigenvalue weighted by Crippen LogP contribution is 2.26. The van der Waals surface area contributed by atoms with Gasteiger partial charge in [-0.05, 0) is 65.2 Å². The normalized spacial score (nSPS) is 11.0. The fourth-order valence-electron chi connectivity index (χ4n) is 3.53. The quantitative estimate of drug-likeness (QED) is 0.327. The van der Waals surface area contributed by atoms with Gasteiger partial charge in [0.05, 0.1) is 23.4 Å². The summed E-state index contributed by atoms with van der Waals surface area (Å²) >= 11 is 0. The summed E-state index contributed by atoms with van der Waals surface area (Å²) in [6, 6.07) is 25.6. The first-order chi connectivity index (χ1) is 16.8. The van der Waals surface area contributed by atoms with Crippen LogP contribution in [0.3, 0.4) is 0 Å². The molecule has 4 aromatic rings. The van der Waals surface area contributed by atoms with E-state index in [0.29, 0.717) is 28.3 Å². The minimum atomic E-state index is -3.62. The van der Waals surface area contributed by atoms with E-state index in [2.05, 4.69) is 10.6 Å². The highest BCUT2D eigenvalue weighted by molar-refractivity contribution is 7.90. The number of urea groups is 1. The number of halogens is 1. The van der Waals surface area contributed by atoms with Crippen molar-refractivity contribution in [3.8, 4) is 16.9 Å². The molecule has 8 heteroatoms. The van der Waals surface area contributed by atoms with E-state index in [0.717, 1.165) is 5.56 Å². The summed E-state index contributed by atoms with van der Waals surface area (Å²) in [4.78, 5) is 12.5. The molecule has 0 fully saturated rings. The molecule has 0 aliphatic carbocycles. The number of anilines is 2. The third-order valence-electron chi connectivity index (χ3n) is 5.29. The molecule has 178 valence electrons. The summed E-state index contributed by atoms with van der Waals surface area (Å²) in [6.45, 7) is 0. The topological polar surface area (TPSA) is 84.5 Å². The summed E-state index contributed by atoms with van der Waals surface area (Å²) < 4.78 is 44.5. The summed E-state index contributed by atoms with van der Waals surface area (Å²) in [7, 11) is -2.11. The predicted octanol–water partition coefficient (Wildman–Crippen LogP) is 6.12. The van der Waals surface area contributed by atoms with E-state index in [1.807, 2.05) is 0 Å². The lowest BCUT2D eigenvalue weighted by Crippen LogP contribution is -2.19. The van der Waals surface area contributed by atoms with Crippen LogP contribution in [0.25, 0.3) is 11.1 Å². The maximum absolute atomic E-state index is 13.2. The van der Waals surface area contributed by atoms with Crippen LogP contribution in [0.15, 0.2) is 102 Å². The molecule has 0 radical (unpaired) electrons. The Morgan fingerprint density at radius 3 is 2.26 bits per heavy atom. The second-order valence-corrected chi connectivity index (χ2v) is 9.76. The lowest BCUT2D eigenvalue weighted by Gasteiger charge is -2.11. The minimum absolute atomic E-state index is 0.178. The third-order valence-corrected chi connectivity index (χ3v) is 6.98. The van der Waals surface area contributed by atoms with Gasteiger partial charge in [0.1, 0.15) is 11.6 Å². The Morgan fingerprint density at radius 1 is 0.829 bits per heavy atom. The maximum atomic E-state index is 13.2. The molecule has 0 saturated heterocycles. The van der Waals surface area contributed by atoms with E-state index in [1.165, 1.54) is 19.2 Å². The molecule has 4 rings (SSSR count). The van der Waals surface area contributed by atoms with Crippen LogP contribution in [-0.4, -0.2) is 21.6 Å². The number of nitrogens with one attached hydrogen (secondary N) is 2. The highest BCUT2D eigenvalue weighted by atomic mass is 32.2. The second-order valence-electron chi connectivity index (χ2n) is 7.77. The standard InChI is InChI=1S/C27H23FN2O4S/c1-34-26-8-3-2-7-25(26)30-27(31)29-23-15-9-19(10-16-23)18-35(32,33)24-6-4-5-21(17-24)20-11-13-22(28)14-12-20/h2-17H,18H2,1H3,(H2,29,30,31). The highest BCUT2D eigenvalue weighted by Gasteiger charge is 2.16. The van der Waals surface area contributed by atoms with Crippen molar-refractivity contribution in [2.75, 3.05) is 17.7 Å². The van der Waals surface area contributed by atoms with E-state index >= 15 is 0 Å². The van der Waals surface area contributed by atoms with Crippen LogP contribution in [0.5, 0.6) is 5.75 Å². The van der Waals surface area contributed by atoms with Crippen molar-refractivity contribution in [2.45, 2.75) is 10.6 Å². The van der Waals surface area contributed by atoms with E-state index in [-0.39, 0.29) is 16.5 Å². The second kappa shape index (κ2) is 10.4. The van der Waals surface area contributed by atoms with Gasteiger partial charge in [0.2, 0.25) is 0 Å². The Morgan fingerprint density at radius 2 is 1.54 bits per heavy atom. The zero-order chi connectivity index (χ0) is 24.8. The number of hydrogen-bond acceptors (Lipinski definition) is 4. The van der Waals surface area contributed by atoms with Crippen LogP contribution in [0.1, 0.15) is 5.56 Å². The molecule has 35 heavy (non-hydrogen) atoms. The van der Waals surface area contributed by atoms with Gasteiger partial charge in [-0.1, -0.05) is 48.5 Å². The van der Waals surface area contributed by atoms with Gasteiger partial charge in [-0.15, -0.1) is 0 Å². The fourth-order valence-corrected chi connectivity index (χ4v) is 4.92. The van der Waals surface area contributed by atoms with Crippen LogP contribution >= 0.6 is 0 Å². The smallest absolute Gasteiger partial charge is 0.323 e. The van der Waals surface area contributed by atoms with Gasteiger partial charge >= 0.3 is 6.03 Å². The number of methoxy groups -OCH3 is 1. The average molecular weight is 491 g/mol. The number of amides is 2. The molecule has 0 saturated carbocycles. The van der Waals surface area contributed by atoms with Gasteiger partial charge in [-0.2, -0.15) is 0 Å². The molecule has 4 aromatic carbocycles. The van der Waals surface area contributed by atoms with Gasteiger partial charge < -0.3 is 15.4 Å². The van der Waals surface area contributed by atoms with Crippen LogP contribution in [0.2, 0.25) is 0 Å². The predicted molar refractivity (Wildman–Crippen MR) is 135 cm³/mol. The number of hydrogen-bond donors (Lipinski definition) is 2. The van der Waals surface area contributed by atoms with Crippen LogP contribution in [0.4, 0.5) is 20.6 Å². The minimum Gasteiger partial charge on any atom is -0.495 e. The van der Waals surface area contributed by atoms with E-state index in [4.69, 9.17) is 4.74 Å². The van der Waals surface area contributed by atoms with Crippen LogP contribution in [-0.2, 0) is 15.6 Å². The average Bonchev–Trinajstić information content (AvgIpc) is 2.86. The summed E-state index contributed by atoms with van der Waals surface area (Å²) in [5.74, 6) is -0.0208. The zero-order valence-electron chi connectivity index (χ0n) is 18.9. The van der Waals surface area contributed by atoms with Crippen molar-refractivity contribution in [1.82, 2.24) is 0 Å². The van der Waals surface area contributed by atoms with Crippen molar-refractivity contribution in [3.05, 3.63) is 108 Å². The molecular formula is C27H23FN2O4S. The molecule has 0 aliphatic heterocycles. The third kappa shape index (κ3) is 6.04. The van der Waals surface area contributed by atoms with Gasteiger partial charge in [-0.3, -0.25) is 0 Å².